The number of thiazole rings is 1. The highest BCUT2D eigenvalue weighted by molar-refractivity contribution is 7.20. The number of aromatic nitrogens is 2. The van der Waals surface area contributed by atoms with Crippen molar-refractivity contribution in [1.29, 1.82) is 0 Å². The molecule has 1 aliphatic rings. The molecule has 8 heteroatoms. The van der Waals surface area contributed by atoms with Crippen LogP contribution in [0.1, 0.15) is 22.7 Å². The number of hydrogen-bond acceptors (Lipinski definition) is 5. The summed E-state index contributed by atoms with van der Waals surface area (Å²) in [6.07, 6.45) is 1.18. The Hall–Kier alpha value is -4.43. The predicted octanol–water partition coefficient (Wildman–Crippen LogP) is 5.62. The van der Waals surface area contributed by atoms with Crippen LogP contribution in [0.25, 0.3) is 26.5 Å². The summed E-state index contributed by atoms with van der Waals surface area (Å²) < 4.78 is 8.47. The summed E-state index contributed by atoms with van der Waals surface area (Å²) in [5.41, 5.74) is 6.07. The molecule has 0 saturated heterocycles. The molecule has 1 atom stereocenters. The molecule has 2 N–H and O–H groups in total. The zero-order chi connectivity index (χ0) is 25.4. The van der Waals surface area contributed by atoms with Gasteiger partial charge in [0.15, 0.2) is 5.13 Å². The van der Waals surface area contributed by atoms with E-state index in [-0.39, 0.29) is 18.9 Å². The van der Waals surface area contributed by atoms with Crippen LogP contribution in [0.2, 0.25) is 0 Å². The van der Waals surface area contributed by atoms with Crippen LogP contribution in [0.15, 0.2) is 91.1 Å². The average molecular weight is 510 g/mol. The van der Waals surface area contributed by atoms with Crippen LogP contribution in [-0.4, -0.2) is 39.4 Å². The largest absolute Gasteiger partial charge is 0.480 e. The van der Waals surface area contributed by atoms with Crippen molar-refractivity contribution in [2.45, 2.75) is 18.4 Å². The van der Waals surface area contributed by atoms with E-state index in [4.69, 9.17) is 4.74 Å². The first-order valence-electron chi connectivity index (χ1n) is 11.9. The summed E-state index contributed by atoms with van der Waals surface area (Å²) in [5.74, 6) is -1.23. The van der Waals surface area contributed by atoms with Gasteiger partial charge in [-0.2, -0.15) is 0 Å². The van der Waals surface area contributed by atoms with Gasteiger partial charge < -0.3 is 15.2 Å². The molecule has 0 saturated carbocycles. The van der Waals surface area contributed by atoms with E-state index in [1.165, 1.54) is 11.3 Å². The lowest BCUT2D eigenvalue weighted by Gasteiger charge is -2.18. The zero-order valence-corrected chi connectivity index (χ0v) is 20.5. The van der Waals surface area contributed by atoms with Gasteiger partial charge in [0.2, 0.25) is 0 Å². The van der Waals surface area contributed by atoms with E-state index in [9.17, 15) is 14.7 Å². The number of benzene rings is 3. The lowest BCUT2D eigenvalue weighted by molar-refractivity contribution is -0.139. The lowest BCUT2D eigenvalue weighted by Crippen LogP contribution is -2.43. The number of rotatable bonds is 7. The Morgan fingerprint density at radius 1 is 0.946 bits per heavy atom. The maximum atomic E-state index is 12.7. The molecule has 184 valence electrons. The SMILES string of the molecule is O=C(NC(Cc1cccn1-c1nc2ccccc2s1)C(=O)O)OCC1c2ccccc2-c2ccccc21. The van der Waals surface area contributed by atoms with Gasteiger partial charge >= 0.3 is 12.1 Å². The molecule has 6 rings (SSSR count). The number of para-hydroxylation sites is 1. The summed E-state index contributed by atoms with van der Waals surface area (Å²) >= 11 is 1.52. The van der Waals surface area contributed by atoms with E-state index < -0.39 is 18.1 Å². The summed E-state index contributed by atoms with van der Waals surface area (Å²) in [7, 11) is 0. The minimum absolute atomic E-state index is 0.0858. The molecule has 0 bridgehead atoms. The Morgan fingerprint density at radius 3 is 2.32 bits per heavy atom. The maximum absolute atomic E-state index is 12.7. The van der Waals surface area contributed by atoms with Crippen LogP contribution < -0.4 is 5.32 Å². The summed E-state index contributed by atoms with van der Waals surface area (Å²) in [6, 6.07) is 26.5. The zero-order valence-electron chi connectivity index (χ0n) is 19.7. The highest BCUT2D eigenvalue weighted by Crippen LogP contribution is 2.44. The Morgan fingerprint density at radius 2 is 1.62 bits per heavy atom. The van der Waals surface area contributed by atoms with Gasteiger partial charge in [-0.05, 0) is 46.5 Å². The fraction of sp³-hybridized carbons (Fsp3) is 0.138. The second kappa shape index (κ2) is 9.55. The van der Waals surface area contributed by atoms with Crippen molar-refractivity contribution in [1.82, 2.24) is 14.9 Å². The van der Waals surface area contributed by atoms with E-state index in [1.807, 2.05) is 83.6 Å². The third kappa shape index (κ3) is 4.36. The Bertz CT molecular complexity index is 1540. The third-order valence-corrected chi connectivity index (χ3v) is 7.70. The molecule has 0 aliphatic heterocycles. The smallest absolute Gasteiger partial charge is 0.407 e. The van der Waals surface area contributed by atoms with Crippen molar-refractivity contribution in [3.05, 3.63) is 108 Å². The van der Waals surface area contributed by atoms with Gasteiger partial charge in [0.1, 0.15) is 12.6 Å². The third-order valence-electron chi connectivity index (χ3n) is 6.67. The molecule has 1 unspecified atom stereocenters. The van der Waals surface area contributed by atoms with Crippen molar-refractivity contribution >= 4 is 33.6 Å². The quantitative estimate of drug-likeness (QED) is 0.297. The number of aliphatic carboxylic acids is 1. The molecule has 2 heterocycles. The Balaban J connectivity index is 1.16. The molecule has 2 aromatic heterocycles. The fourth-order valence-electron chi connectivity index (χ4n) is 4.92. The Labute approximate surface area is 217 Å². The molecular weight excluding hydrogens is 486 g/mol. The first-order valence-corrected chi connectivity index (χ1v) is 12.8. The summed E-state index contributed by atoms with van der Waals surface area (Å²) in [4.78, 5) is 29.4. The highest BCUT2D eigenvalue weighted by atomic mass is 32.1. The number of carbonyl (C=O) groups excluding carboxylic acids is 1. The summed E-state index contributed by atoms with van der Waals surface area (Å²) in [5, 5.41) is 13.1. The molecule has 5 aromatic rings. The molecule has 1 aliphatic carbocycles. The van der Waals surface area contributed by atoms with Crippen LogP contribution in [0.4, 0.5) is 4.79 Å². The van der Waals surface area contributed by atoms with Crippen LogP contribution in [-0.2, 0) is 16.0 Å². The number of nitrogens with zero attached hydrogens (tertiary/aromatic N) is 2. The number of nitrogens with one attached hydrogen (secondary N) is 1. The first-order chi connectivity index (χ1) is 18.1. The van der Waals surface area contributed by atoms with E-state index in [2.05, 4.69) is 22.4 Å². The van der Waals surface area contributed by atoms with Gasteiger partial charge in [-0.3, -0.25) is 4.57 Å². The van der Waals surface area contributed by atoms with Crippen molar-refractivity contribution in [2.24, 2.45) is 0 Å². The van der Waals surface area contributed by atoms with Crippen molar-refractivity contribution < 1.29 is 19.4 Å². The number of alkyl carbamates (subject to hydrolysis) is 1. The van der Waals surface area contributed by atoms with Crippen molar-refractivity contribution in [2.75, 3.05) is 6.61 Å². The molecular formula is C29H23N3O4S. The van der Waals surface area contributed by atoms with Crippen LogP contribution in [0.5, 0.6) is 0 Å². The minimum atomic E-state index is -1.15. The van der Waals surface area contributed by atoms with Crippen LogP contribution in [0.3, 0.4) is 0 Å². The normalized spacial score (nSPS) is 13.2. The van der Waals surface area contributed by atoms with E-state index in [0.29, 0.717) is 0 Å². The number of fused-ring (bicyclic) bond motifs is 4. The lowest BCUT2D eigenvalue weighted by atomic mass is 9.98. The molecule has 1 amide bonds. The number of carboxylic acid groups (broad SMARTS) is 1. The molecule has 7 nitrogen and oxygen atoms in total. The van der Waals surface area contributed by atoms with Gasteiger partial charge in [0.25, 0.3) is 0 Å². The van der Waals surface area contributed by atoms with Gasteiger partial charge in [0.05, 0.1) is 10.2 Å². The molecule has 37 heavy (non-hydrogen) atoms. The van der Waals surface area contributed by atoms with Gasteiger partial charge in [-0.1, -0.05) is 72.0 Å². The van der Waals surface area contributed by atoms with Crippen LogP contribution in [0, 0.1) is 0 Å². The predicted molar refractivity (Wildman–Crippen MR) is 142 cm³/mol. The molecule has 0 radical (unpaired) electrons. The second-order valence-corrected chi connectivity index (χ2v) is 9.91. The number of ether oxygens (including phenoxy) is 1. The summed E-state index contributed by atoms with van der Waals surface area (Å²) in [6.45, 7) is 0.119. The van der Waals surface area contributed by atoms with E-state index >= 15 is 0 Å². The molecule has 0 fully saturated rings. The van der Waals surface area contributed by atoms with Gasteiger partial charge in [-0.25, -0.2) is 14.6 Å². The van der Waals surface area contributed by atoms with Crippen molar-refractivity contribution in [3.8, 4) is 16.3 Å². The van der Waals surface area contributed by atoms with Crippen molar-refractivity contribution in [3.63, 3.8) is 0 Å². The standard InChI is InChI=1S/C29H23N3O4S/c33-27(34)25(16-18-8-7-15-32(18)28-30-24-13-5-6-14-26(24)37-28)31-29(35)36-17-23-21-11-3-1-9-19(21)20-10-2-4-12-22(20)23/h1-15,23,25H,16-17H2,(H,31,35)(H,33,34). The highest BCUT2D eigenvalue weighted by Gasteiger charge is 2.30. The van der Waals surface area contributed by atoms with Gasteiger partial charge in [0, 0.05) is 24.2 Å². The first kappa shape index (κ1) is 23.0. The second-order valence-electron chi connectivity index (χ2n) is 8.90. The maximum Gasteiger partial charge on any atom is 0.407 e. The fourth-order valence-corrected chi connectivity index (χ4v) is 5.91. The average Bonchev–Trinajstić information content (AvgIpc) is 3.62. The monoisotopic (exact) mass is 509 g/mol. The molecule has 0 spiro atoms. The molecule has 3 aromatic carbocycles. The van der Waals surface area contributed by atoms with Crippen LogP contribution >= 0.6 is 11.3 Å². The number of hydrogen-bond donors (Lipinski definition) is 2. The number of carbonyl (C=O) groups is 2. The number of amides is 1. The van der Waals surface area contributed by atoms with E-state index in [0.717, 1.165) is 43.3 Å². The Kier molecular flexibility index (Phi) is 5.94. The topological polar surface area (TPSA) is 93.5 Å². The number of carboxylic acids is 1. The van der Waals surface area contributed by atoms with Gasteiger partial charge in [-0.15, -0.1) is 0 Å². The van der Waals surface area contributed by atoms with E-state index in [1.54, 1.807) is 0 Å². The minimum Gasteiger partial charge on any atom is -0.480 e.